The smallest absolute Gasteiger partial charge is 0.253 e. The van der Waals surface area contributed by atoms with Crippen LogP contribution in [0.15, 0.2) is 34.9 Å². The molecule has 5 nitrogen and oxygen atoms in total. The molecule has 2 heterocycles. The lowest BCUT2D eigenvalue weighted by molar-refractivity contribution is 0.0914. The Morgan fingerprint density at radius 2 is 2.25 bits per heavy atom. The van der Waals surface area contributed by atoms with Crippen molar-refractivity contribution in [1.82, 2.24) is 10.3 Å². The monoisotopic (exact) mass is 274 g/mol. The topological polar surface area (TPSA) is 75.4 Å². The Bertz CT molecular complexity index is 575. The summed E-state index contributed by atoms with van der Waals surface area (Å²) in [5.74, 6) is 0.448. The van der Waals surface area contributed by atoms with Crippen molar-refractivity contribution in [3.05, 3.63) is 41.8 Å². The Morgan fingerprint density at radius 3 is 2.80 bits per heavy atom. The molecule has 0 saturated carbocycles. The molecule has 2 aromatic rings. The molecule has 0 saturated heterocycles. The minimum atomic E-state index is -0.230. The standard InChI is InChI=1S/C15H18N2O3/c1-3-11(9-18)17-15(19)12-6-7-13(16-10(12)2)14-5-4-8-20-14/h4-8,11,18H,3,9H2,1-2H3,(H,17,19). The van der Waals surface area contributed by atoms with Gasteiger partial charge in [0.05, 0.1) is 30.2 Å². The first-order chi connectivity index (χ1) is 9.65. The van der Waals surface area contributed by atoms with Gasteiger partial charge in [-0.3, -0.25) is 4.79 Å². The van der Waals surface area contributed by atoms with Gasteiger partial charge in [-0.2, -0.15) is 0 Å². The van der Waals surface area contributed by atoms with E-state index in [0.717, 1.165) is 0 Å². The molecule has 2 rings (SSSR count). The molecule has 106 valence electrons. The second-order valence-corrected chi connectivity index (χ2v) is 4.57. The first-order valence-corrected chi connectivity index (χ1v) is 6.59. The third-order valence-electron chi connectivity index (χ3n) is 3.15. The summed E-state index contributed by atoms with van der Waals surface area (Å²) in [4.78, 5) is 16.5. The Kier molecular flexibility index (Phi) is 4.53. The van der Waals surface area contributed by atoms with Crippen molar-refractivity contribution in [1.29, 1.82) is 0 Å². The summed E-state index contributed by atoms with van der Waals surface area (Å²) < 4.78 is 5.28. The number of nitrogens with zero attached hydrogens (tertiary/aromatic N) is 1. The van der Waals surface area contributed by atoms with Crippen LogP contribution in [0.3, 0.4) is 0 Å². The molecule has 0 fully saturated rings. The van der Waals surface area contributed by atoms with Gasteiger partial charge >= 0.3 is 0 Å². The normalized spacial score (nSPS) is 12.2. The number of amides is 1. The molecule has 0 aliphatic carbocycles. The fourth-order valence-electron chi connectivity index (χ4n) is 1.90. The number of carbonyl (C=O) groups excluding carboxylic acids is 1. The maximum Gasteiger partial charge on any atom is 0.253 e. The number of furan rings is 1. The van der Waals surface area contributed by atoms with Gasteiger partial charge in [-0.25, -0.2) is 4.98 Å². The van der Waals surface area contributed by atoms with Gasteiger partial charge in [0.15, 0.2) is 5.76 Å². The van der Waals surface area contributed by atoms with Crippen LogP contribution in [0.1, 0.15) is 29.4 Å². The van der Waals surface area contributed by atoms with Crippen molar-refractivity contribution in [3.8, 4) is 11.5 Å². The molecule has 20 heavy (non-hydrogen) atoms. The molecule has 5 heteroatoms. The number of hydrogen-bond acceptors (Lipinski definition) is 4. The SMILES string of the molecule is CCC(CO)NC(=O)c1ccc(-c2ccco2)nc1C. The number of aryl methyl sites for hydroxylation is 1. The average Bonchev–Trinajstić information content (AvgIpc) is 2.98. The summed E-state index contributed by atoms with van der Waals surface area (Å²) in [6.45, 7) is 3.62. The van der Waals surface area contributed by atoms with E-state index in [2.05, 4.69) is 10.3 Å². The number of carbonyl (C=O) groups is 1. The van der Waals surface area contributed by atoms with Gasteiger partial charge in [-0.15, -0.1) is 0 Å². The molecule has 2 aromatic heterocycles. The minimum Gasteiger partial charge on any atom is -0.463 e. The van der Waals surface area contributed by atoms with Gasteiger partial charge in [0.1, 0.15) is 5.69 Å². The Morgan fingerprint density at radius 1 is 1.45 bits per heavy atom. The number of aromatic nitrogens is 1. The Balaban J connectivity index is 2.19. The molecule has 0 spiro atoms. The third-order valence-corrected chi connectivity index (χ3v) is 3.15. The predicted molar refractivity (Wildman–Crippen MR) is 75.3 cm³/mol. The van der Waals surface area contributed by atoms with Crippen LogP contribution in [-0.2, 0) is 0 Å². The van der Waals surface area contributed by atoms with Crippen molar-refractivity contribution >= 4 is 5.91 Å². The van der Waals surface area contributed by atoms with Crippen LogP contribution in [0.25, 0.3) is 11.5 Å². The van der Waals surface area contributed by atoms with E-state index >= 15 is 0 Å². The van der Waals surface area contributed by atoms with Gasteiger partial charge < -0.3 is 14.8 Å². The molecule has 0 aliphatic rings. The molecule has 1 amide bonds. The second kappa shape index (κ2) is 6.34. The van der Waals surface area contributed by atoms with Crippen molar-refractivity contribution in [2.45, 2.75) is 26.3 Å². The number of rotatable bonds is 5. The summed E-state index contributed by atoms with van der Waals surface area (Å²) in [7, 11) is 0. The number of aliphatic hydroxyl groups excluding tert-OH is 1. The summed E-state index contributed by atoms with van der Waals surface area (Å²) >= 11 is 0. The number of nitrogens with one attached hydrogen (secondary N) is 1. The third kappa shape index (κ3) is 3.05. The van der Waals surface area contributed by atoms with Crippen molar-refractivity contribution < 1.29 is 14.3 Å². The van der Waals surface area contributed by atoms with E-state index in [1.165, 1.54) is 0 Å². The molecule has 1 unspecified atom stereocenters. The summed E-state index contributed by atoms with van der Waals surface area (Å²) in [6.07, 6.45) is 2.26. The van der Waals surface area contributed by atoms with Crippen molar-refractivity contribution in [2.75, 3.05) is 6.61 Å². The zero-order valence-corrected chi connectivity index (χ0v) is 11.6. The van der Waals surface area contributed by atoms with Crippen LogP contribution < -0.4 is 5.32 Å². The van der Waals surface area contributed by atoms with Gasteiger partial charge in [-0.05, 0) is 37.6 Å². The van der Waals surface area contributed by atoms with Crippen molar-refractivity contribution in [2.24, 2.45) is 0 Å². The molecular formula is C15H18N2O3. The first-order valence-electron chi connectivity index (χ1n) is 6.59. The van der Waals surface area contributed by atoms with Gasteiger partial charge in [0, 0.05) is 0 Å². The summed E-state index contributed by atoms with van der Waals surface area (Å²) in [5, 5.41) is 11.9. The fourth-order valence-corrected chi connectivity index (χ4v) is 1.90. The lowest BCUT2D eigenvalue weighted by Crippen LogP contribution is -2.37. The maximum atomic E-state index is 12.1. The van der Waals surface area contributed by atoms with Crippen LogP contribution in [0.4, 0.5) is 0 Å². The Labute approximate surface area is 117 Å². The van der Waals surface area contributed by atoms with E-state index in [1.54, 1.807) is 31.4 Å². The highest BCUT2D eigenvalue weighted by atomic mass is 16.3. The van der Waals surface area contributed by atoms with Crippen LogP contribution in [0, 0.1) is 6.92 Å². The average molecular weight is 274 g/mol. The van der Waals surface area contributed by atoms with Gasteiger partial charge in [0.25, 0.3) is 5.91 Å². The highest BCUT2D eigenvalue weighted by molar-refractivity contribution is 5.95. The summed E-state index contributed by atoms with van der Waals surface area (Å²) in [6, 6.07) is 6.85. The highest BCUT2D eigenvalue weighted by Crippen LogP contribution is 2.19. The van der Waals surface area contributed by atoms with E-state index in [-0.39, 0.29) is 18.6 Å². The quantitative estimate of drug-likeness (QED) is 0.876. The van der Waals surface area contributed by atoms with E-state index in [1.807, 2.05) is 13.0 Å². The second-order valence-electron chi connectivity index (χ2n) is 4.57. The van der Waals surface area contributed by atoms with Crippen molar-refractivity contribution in [3.63, 3.8) is 0 Å². The number of pyridine rings is 1. The molecule has 0 bridgehead atoms. The fraction of sp³-hybridized carbons (Fsp3) is 0.333. The van der Waals surface area contributed by atoms with Crippen LogP contribution in [-0.4, -0.2) is 28.6 Å². The first kappa shape index (κ1) is 14.3. The number of hydrogen-bond donors (Lipinski definition) is 2. The van der Waals surface area contributed by atoms with E-state index < -0.39 is 0 Å². The lowest BCUT2D eigenvalue weighted by atomic mass is 10.1. The van der Waals surface area contributed by atoms with Gasteiger partial charge in [0.2, 0.25) is 0 Å². The molecule has 0 aliphatic heterocycles. The summed E-state index contributed by atoms with van der Waals surface area (Å²) in [5.41, 5.74) is 1.83. The minimum absolute atomic E-state index is 0.0702. The van der Waals surface area contributed by atoms with E-state index in [0.29, 0.717) is 29.1 Å². The molecule has 1 atom stereocenters. The van der Waals surface area contributed by atoms with Gasteiger partial charge in [-0.1, -0.05) is 6.92 Å². The number of aliphatic hydroxyl groups is 1. The van der Waals surface area contributed by atoms with Crippen LogP contribution in [0.5, 0.6) is 0 Å². The predicted octanol–water partition coefficient (Wildman–Crippen LogP) is 2.15. The molecule has 0 radical (unpaired) electrons. The zero-order valence-electron chi connectivity index (χ0n) is 11.6. The molecule has 2 N–H and O–H groups in total. The largest absolute Gasteiger partial charge is 0.463 e. The van der Waals surface area contributed by atoms with E-state index in [9.17, 15) is 4.79 Å². The molecular weight excluding hydrogens is 256 g/mol. The van der Waals surface area contributed by atoms with Crippen LogP contribution in [0.2, 0.25) is 0 Å². The van der Waals surface area contributed by atoms with Crippen LogP contribution >= 0.6 is 0 Å². The maximum absolute atomic E-state index is 12.1. The van der Waals surface area contributed by atoms with E-state index in [4.69, 9.17) is 9.52 Å². The zero-order chi connectivity index (χ0) is 14.5. The lowest BCUT2D eigenvalue weighted by Gasteiger charge is -2.15. The highest BCUT2D eigenvalue weighted by Gasteiger charge is 2.15. The Hall–Kier alpha value is -2.14. The molecule has 0 aromatic carbocycles.